The summed E-state index contributed by atoms with van der Waals surface area (Å²) in [6.45, 7) is 32.5. The molecule has 2 heteroatoms. The van der Waals surface area contributed by atoms with Crippen molar-refractivity contribution in [2.45, 2.75) is 124 Å². The first-order chi connectivity index (χ1) is 67.3. The zero-order valence-corrected chi connectivity index (χ0v) is 82.1. The van der Waals surface area contributed by atoms with E-state index in [2.05, 4.69) is 556 Å². The lowest BCUT2D eigenvalue weighted by Gasteiger charge is -2.33. The summed E-state index contributed by atoms with van der Waals surface area (Å²) >= 11 is 0. The van der Waals surface area contributed by atoms with Crippen LogP contribution in [0.5, 0.6) is 0 Å². The minimum Gasteiger partial charge on any atom is -0.309 e. The lowest BCUT2D eigenvalue weighted by molar-refractivity contribution is 0.590. The van der Waals surface area contributed by atoms with Gasteiger partial charge in [0.2, 0.25) is 0 Å². The van der Waals surface area contributed by atoms with E-state index in [4.69, 9.17) is 0 Å². The van der Waals surface area contributed by atoms with Crippen LogP contribution in [0.15, 0.2) is 449 Å². The first-order valence-corrected chi connectivity index (χ1v) is 49.3. The van der Waals surface area contributed by atoms with Crippen LogP contribution >= 0.6 is 0 Å². The Morgan fingerprint density at radius 2 is 0.468 bits per heavy atom. The molecule has 0 bridgehead atoms. The number of anilines is 6. The van der Waals surface area contributed by atoms with E-state index in [1.54, 1.807) is 0 Å². The van der Waals surface area contributed by atoms with Gasteiger partial charge in [-0.25, -0.2) is 0 Å². The van der Waals surface area contributed by atoms with E-state index in [-0.39, 0.29) is 27.1 Å². The summed E-state index contributed by atoms with van der Waals surface area (Å²) in [4.78, 5) is 4.87. The molecule has 0 radical (unpaired) electrons. The van der Waals surface area contributed by atoms with Gasteiger partial charge in [-0.1, -0.05) is 479 Å². The summed E-state index contributed by atoms with van der Waals surface area (Å²) in [6, 6.07) is 166. The Bertz CT molecular complexity index is 8260. The summed E-state index contributed by atoms with van der Waals surface area (Å²) in [5.41, 5.74) is 30.8. The topological polar surface area (TPSA) is 6.48 Å². The van der Waals surface area contributed by atoms with Crippen molar-refractivity contribution in [3.8, 4) is 66.8 Å². The lowest BCUT2D eigenvalue weighted by Crippen LogP contribution is -2.14. The standard InChI is InChI=1S/C50H54.C46H32N2.C41H30/c1-47(2,3)33-19-23-37-31(27-33)15-13-17-39(37)45-41-25-21-36(50(10,11)12)30-44(41)46(42-26-22-35(29-43(42)45)49(7,8)9)40-18-14-16-32-28-34(48(4,5)6)20-24-38(32)40;1-3-19-37(20-4-1)47(39-29-27-33-15-7-9-17-35(33)31-39)45-41-23-11-13-25-43(41)46(44-26-14-12-24-42(44)45)48(38-21-5-2-6-22-38)40-30-28-34-16-8-10-18-36(34)32-40;1-41(2)37-19-11-10-14-31(37)32-25-24-30(26-38(32)41)40-35-17-8-6-15-33(35)39(34-16-7-9-18-36(34)40)29-22-20-28(21-23-29)27-12-4-3-5-13-27/h13-30H,1-12H3;1-32H;3-26H,1-2H3. The van der Waals surface area contributed by atoms with Gasteiger partial charge in [0.1, 0.15) is 0 Å². The molecule has 23 aromatic carbocycles. The Labute approximate surface area is 818 Å². The molecule has 0 amide bonds. The van der Waals surface area contributed by atoms with Gasteiger partial charge in [0, 0.05) is 49.7 Å². The summed E-state index contributed by atoms with van der Waals surface area (Å²) in [6.07, 6.45) is 0. The van der Waals surface area contributed by atoms with Gasteiger partial charge in [0.05, 0.1) is 11.4 Å². The van der Waals surface area contributed by atoms with Gasteiger partial charge in [-0.15, -0.1) is 0 Å². The molecule has 0 saturated carbocycles. The molecule has 0 spiro atoms. The van der Waals surface area contributed by atoms with E-state index >= 15 is 0 Å². The highest BCUT2D eigenvalue weighted by Gasteiger charge is 2.37. The highest BCUT2D eigenvalue weighted by Crippen LogP contribution is 2.56. The van der Waals surface area contributed by atoms with Crippen molar-refractivity contribution < 1.29 is 0 Å². The summed E-state index contributed by atoms with van der Waals surface area (Å²) in [5, 5.41) is 25.2. The van der Waals surface area contributed by atoms with Gasteiger partial charge in [-0.3, -0.25) is 0 Å². The fraction of sp³-hybridized carbons (Fsp3) is 0.139. The number of hydrogen-bond donors (Lipinski definition) is 0. The lowest BCUT2D eigenvalue weighted by atomic mass is 9.78. The van der Waals surface area contributed by atoms with Crippen molar-refractivity contribution in [3.05, 3.63) is 482 Å². The fourth-order valence-electron chi connectivity index (χ4n) is 21.9. The van der Waals surface area contributed by atoms with Gasteiger partial charge in [0.25, 0.3) is 0 Å². The average Bonchev–Trinajstić information content (AvgIpc) is 1.70. The molecule has 674 valence electrons. The molecule has 0 heterocycles. The van der Waals surface area contributed by atoms with Gasteiger partial charge in [-0.2, -0.15) is 0 Å². The van der Waals surface area contributed by atoms with Gasteiger partial charge >= 0.3 is 0 Å². The smallest absolute Gasteiger partial charge is 0.0619 e. The predicted molar refractivity (Wildman–Crippen MR) is 603 cm³/mol. The molecule has 139 heavy (non-hydrogen) atoms. The quantitative estimate of drug-likeness (QED) is 0.0941. The van der Waals surface area contributed by atoms with Crippen LogP contribution in [0.25, 0.3) is 174 Å². The number of para-hydroxylation sites is 2. The van der Waals surface area contributed by atoms with Crippen molar-refractivity contribution in [2.75, 3.05) is 9.80 Å². The third-order valence-electron chi connectivity index (χ3n) is 29.3. The van der Waals surface area contributed by atoms with Crippen molar-refractivity contribution in [3.63, 3.8) is 0 Å². The summed E-state index contributed by atoms with van der Waals surface area (Å²) < 4.78 is 0. The molecule has 0 saturated heterocycles. The highest BCUT2D eigenvalue weighted by atomic mass is 15.2. The van der Waals surface area contributed by atoms with E-state index in [1.165, 1.54) is 208 Å². The van der Waals surface area contributed by atoms with Crippen LogP contribution in [0.2, 0.25) is 0 Å². The summed E-state index contributed by atoms with van der Waals surface area (Å²) in [7, 11) is 0. The van der Waals surface area contributed by atoms with E-state index in [0.717, 1.165) is 34.1 Å². The van der Waals surface area contributed by atoms with Crippen LogP contribution in [-0.2, 0) is 27.1 Å². The third-order valence-corrected chi connectivity index (χ3v) is 29.3. The molecule has 0 aliphatic heterocycles. The minimum atomic E-state index is -0.0337. The number of rotatable bonds is 11. The Balaban J connectivity index is 0.000000121. The molecule has 23 aromatic rings. The van der Waals surface area contributed by atoms with Crippen molar-refractivity contribution >= 4 is 142 Å². The molecule has 0 fully saturated rings. The Hall–Kier alpha value is -15.7. The maximum absolute atomic E-state index is 2.50. The van der Waals surface area contributed by atoms with Crippen LogP contribution in [0.1, 0.15) is 130 Å². The maximum Gasteiger partial charge on any atom is 0.0619 e. The normalized spacial score (nSPS) is 12.6. The highest BCUT2D eigenvalue weighted by molar-refractivity contribution is 6.28. The van der Waals surface area contributed by atoms with E-state index in [9.17, 15) is 0 Å². The number of benzene rings is 23. The minimum absolute atomic E-state index is 0.0137. The predicted octanol–water partition coefficient (Wildman–Crippen LogP) is 39.4. The Morgan fingerprint density at radius 3 is 0.885 bits per heavy atom. The van der Waals surface area contributed by atoms with Crippen LogP contribution in [0.3, 0.4) is 0 Å². The van der Waals surface area contributed by atoms with Crippen molar-refractivity contribution in [1.82, 2.24) is 0 Å². The molecule has 0 unspecified atom stereocenters. The van der Waals surface area contributed by atoms with Crippen molar-refractivity contribution in [2.24, 2.45) is 0 Å². The maximum atomic E-state index is 2.50. The Kier molecular flexibility index (Phi) is 22.4. The SMILES string of the molecule is CC(C)(C)c1ccc2c(-c3c4ccc(C(C)(C)C)cc4c(-c4cccc5cc(C(C)(C)C)ccc45)c4ccc(C(C)(C)C)cc34)cccc2c1.CC1(C)c2ccccc2-c2ccc(-c3c4ccccc4c(-c4ccc(-c5ccccc5)cc4)c4ccccc34)cc21.c1ccc(N(c2ccc3ccccc3c2)c2c3ccccc3c(N(c3ccccc3)c3ccc4ccccc4c3)c3ccccc23)cc1. The fourth-order valence-corrected chi connectivity index (χ4v) is 21.9. The Morgan fingerprint density at radius 1 is 0.165 bits per heavy atom. The van der Waals surface area contributed by atoms with Crippen LogP contribution in [0, 0.1) is 0 Å². The largest absolute Gasteiger partial charge is 0.309 e. The first-order valence-electron chi connectivity index (χ1n) is 49.3. The van der Waals surface area contributed by atoms with Gasteiger partial charge < -0.3 is 9.80 Å². The second-order valence-corrected chi connectivity index (χ2v) is 42.7. The molecule has 0 atom stereocenters. The molecule has 0 aromatic heterocycles. The third kappa shape index (κ3) is 16.2. The number of hydrogen-bond acceptors (Lipinski definition) is 2. The number of fused-ring (bicyclic) bond motifs is 13. The molecular weight excluding hydrogens is 1670 g/mol. The molecule has 0 N–H and O–H groups in total. The van der Waals surface area contributed by atoms with Gasteiger partial charge in [0.15, 0.2) is 0 Å². The van der Waals surface area contributed by atoms with Crippen molar-refractivity contribution in [1.29, 1.82) is 0 Å². The van der Waals surface area contributed by atoms with Crippen LogP contribution in [-0.4, -0.2) is 0 Å². The molecule has 1 aliphatic rings. The zero-order chi connectivity index (χ0) is 95.4. The average molecular weight is 1790 g/mol. The van der Waals surface area contributed by atoms with Gasteiger partial charge in [-0.05, 0) is 275 Å². The molecular formula is C137H116N2. The zero-order valence-electron chi connectivity index (χ0n) is 82.1. The van der Waals surface area contributed by atoms with E-state index < -0.39 is 0 Å². The van der Waals surface area contributed by atoms with E-state index in [0.29, 0.717) is 0 Å². The van der Waals surface area contributed by atoms with Crippen LogP contribution < -0.4 is 9.80 Å². The van der Waals surface area contributed by atoms with E-state index in [1.807, 2.05) is 0 Å². The molecule has 24 rings (SSSR count). The second kappa shape index (κ2) is 35.1. The van der Waals surface area contributed by atoms with Crippen LogP contribution in [0.4, 0.5) is 34.1 Å². The molecule has 1 aliphatic carbocycles. The second-order valence-electron chi connectivity index (χ2n) is 42.7. The number of nitrogens with zero attached hydrogens (tertiary/aromatic N) is 2. The molecule has 2 nitrogen and oxygen atoms in total. The summed E-state index contributed by atoms with van der Waals surface area (Å²) in [5.74, 6) is 0. The first kappa shape index (κ1) is 88.5. The monoisotopic (exact) mass is 1790 g/mol.